The van der Waals surface area contributed by atoms with Gasteiger partial charge in [-0.1, -0.05) is 31.5 Å². The summed E-state index contributed by atoms with van der Waals surface area (Å²) < 4.78 is 19.5. The van der Waals surface area contributed by atoms with Gasteiger partial charge in [-0.25, -0.2) is 4.39 Å². The molecule has 3 aromatic rings. The smallest absolute Gasteiger partial charge is 0.254 e. The van der Waals surface area contributed by atoms with Crippen LogP contribution < -0.4 is 5.32 Å². The number of rotatable bonds is 6. The topological polar surface area (TPSA) is 62.6 Å². The Balaban J connectivity index is 1.49. The van der Waals surface area contributed by atoms with E-state index in [1.807, 2.05) is 30.3 Å². The summed E-state index contributed by atoms with van der Waals surface area (Å²) >= 11 is 0. The Labute approximate surface area is 180 Å². The first kappa shape index (κ1) is 20.8. The van der Waals surface area contributed by atoms with Crippen LogP contribution in [0.1, 0.15) is 47.9 Å². The molecule has 0 saturated carbocycles. The molecule has 0 atom stereocenters. The van der Waals surface area contributed by atoms with Gasteiger partial charge in [-0.2, -0.15) is 0 Å². The largest absolute Gasteiger partial charge is 0.461 e. The fraction of sp³-hybridized carbons (Fsp3) is 0.280. The van der Waals surface area contributed by atoms with Gasteiger partial charge in [-0.05, 0) is 42.8 Å². The van der Waals surface area contributed by atoms with E-state index in [0.29, 0.717) is 37.3 Å². The van der Waals surface area contributed by atoms with Crippen LogP contribution in [-0.2, 0) is 17.8 Å². The number of halogens is 1. The average molecular weight is 420 g/mol. The molecule has 160 valence electrons. The summed E-state index contributed by atoms with van der Waals surface area (Å²) in [6.07, 6.45) is 2.94. The van der Waals surface area contributed by atoms with Gasteiger partial charge in [0, 0.05) is 48.3 Å². The molecule has 2 heterocycles. The van der Waals surface area contributed by atoms with Crippen molar-refractivity contribution < 1.29 is 18.4 Å². The molecule has 31 heavy (non-hydrogen) atoms. The first-order chi connectivity index (χ1) is 15.0. The SMILES string of the molecule is CCCCC(=O)Nc1cccc(-c2cc3c(o2)CCN(C(=O)c2cccc(F)c2)C3)c1. The highest BCUT2D eigenvalue weighted by molar-refractivity contribution is 5.94. The highest BCUT2D eigenvalue weighted by Gasteiger charge is 2.25. The van der Waals surface area contributed by atoms with Gasteiger partial charge in [0.25, 0.3) is 5.91 Å². The molecule has 2 aromatic carbocycles. The van der Waals surface area contributed by atoms with Gasteiger partial charge >= 0.3 is 0 Å². The Hall–Kier alpha value is -3.41. The van der Waals surface area contributed by atoms with Crippen molar-refractivity contribution in [1.82, 2.24) is 4.90 Å². The molecule has 0 aliphatic carbocycles. The lowest BCUT2D eigenvalue weighted by atomic mass is 10.1. The van der Waals surface area contributed by atoms with Crippen molar-refractivity contribution in [2.45, 2.75) is 39.2 Å². The van der Waals surface area contributed by atoms with Crippen LogP contribution in [0, 0.1) is 5.82 Å². The zero-order valence-corrected chi connectivity index (χ0v) is 17.5. The van der Waals surface area contributed by atoms with E-state index < -0.39 is 5.82 Å². The van der Waals surface area contributed by atoms with E-state index in [-0.39, 0.29) is 11.8 Å². The van der Waals surface area contributed by atoms with Crippen molar-refractivity contribution in [2.75, 3.05) is 11.9 Å². The van der Waals surface area contributed by atoms with Gasteiger partial charge in [-0.15, -0.1) is 0 Å². The number of nitrogens with zero attached hydrogens (tertiary/aromatic N) is 1. The first-order valence-electron chi connectivity index (χ1n) is 10.6. The van der Waals surface area contributed by atoms with Crippen molar-refractivity contribution in [1.29, 1.82) is 0 Å². The van der Waals surface area contributed by atoms with Gasteiger partial charge in [-0.3, -0.25) is 9.59 Å². The second-order valence-electron chi connectivity index (χ2n) is 7.78. The molecule has 0 radical (unpaired) electrons. The third-order valence-corrected chi connectivity index (χ3v) is 5.41. The molecule has 5 nitrogen and oxygen atoms in total. The molecule has 0 fully saturated rings. The molecule has 2 amide bonds. The third kappa shape index (κ3) is 4.85. The normalized spacial score (nSPS) is 13.0. The quantitative estimate of drug-likeness (QED) is 0.580. The number of hydrogen-bond acceptors (Lipinski definition) is 3. The summed E-state index contributed by atoms with van der Waals surface area (Å²) in [6.45, 7) is 2.99. The average Bonchev–Trinajstić information content (AvgIpc) is 3.21. The van der Waals surface area contributed by atoms with E-state index in [9.17, 15) is 14.0 Å². The van der Waals surface area contributed by atoms with Crippen molar-refractivity contribution in [3.63, 3.8) is 0 Å². The Bertz CT molecular complexity index is 1110. The molecular weight excluding hydrogens is 395 g/mol. The van der Waals surface area contributed by atoms with Crippen molar-refractivity contribution in [3.8, 4) is 11.3 Å². The number of amides is 2. The predicted octanol–water partition coefficient (Wildman–Crippen LogP) is 5.41. The summed E-state index contributed by atoms with van der Waals surface area (Å²) in [5.41, 5.74) is 2.89. The zero-order chi connectivity index (χ0) is 21.8. The molecular formula is C25H25FN2O3. The second kappa shape index (κ2) is 9.16. The minimum absolute atomic E-state index is 0.00393. The van der Waals surface area contributed by atoms with E-state index in [0.717, 1.165) is 35.4 Å². The van der Waals surface area contributed by atoms with Crippen LogP contribution in [0.25, 0.3) is 11.3 Å². The Morgan fingerprint density at radius 1 is 1.13 bits per heavy atom. The van der Waals surface area contributed by atoms with Crippen LogP contribution in [0.3, 0.4) is 0 Å². The minimum Gasteiger partial charge on any atom is -0.461 e. The van der Waals surface area contributed by atoms with Crippen LogP contribution in [0.5, 0.6) is 0 Å². The lowest BCUT2D eigenvalue weighted by Gasteiger charge is -2.26. The zero-order valence-electron chi connectivity index (χ0n) is 17.5. The van der Waals surface area contributed by atoms with Crippen LogP contribution in [0.2, 0.25) is 0 Å². The van der Waals surface area contributed by atoms with E-state index in [4.69, 9.17) is 4.42 Å². The highest BCUT2D eigenvalue weighted by atomic mass is 19.1. The highest BCUT2D eigenvalue weighted by Crippen LogP contribution is 2.31. The molecule has 1 aromatic heterocycles. The summed E-state index contributed by atoms with van der Waals surface area (Å²) in [6, 6.07) is 15.3. The summed E-state index contributed by atoms with van der Waals surface area (Å²) in [7, 11) is 0. The number of benzene rings is 2. The Morgan fingerprint density at radius 2 is 1.97 bits per heavy atom. The summed E-state index contributed by atoms with van der Waals surface area (Å²) in [5, 5.41) is 2.93. The van der Waals surface area contributed by atoms with E-state index in [1.165, 1.54) is 12.1 Å². The maximum absolute atomic E-state index is 13.5. The fourth-order valence-corrected chi connectivity index (χ4v) is 3.76. The Kier molecular flexibility index (Phi) is 6.16. The van der Waals surface area contributed by atoms with Crippen LogP contribution in [-0.4, -0.2) is 23.3 Å². The molecule has 4 rings (SSSR count). The maximum atomic E-state index is 13.5. The van der Waals surface area contributed by atoms with Gasteiger partial charge in [0.15, 0.2) is 0 Å². The molecule has 0 saturated heterocycles. The third-order valence-electron chi connectivity index (χ3n) is 5.41. The van der Waals surface area contributed by atoms with Gasteiger partial charge in [0.05, 0.1) is 0 Å². The molecule has 6 heteroatoms. The number of furan rings is 1. The molecule has 0 bridgehead atoms. The van der Waals surface area contributed by atoms with E-state index in [1.54, 1.807) is 17.0 Å². The van der Waals surface area contributed by atoms with Crippen LogP contribution >= 0.6 is 0 Å². The number of hydrogen-bond donors (Lipinski definition) is 1. The first-order valence-corrected chi connectivity index (χ1v) is 10.6. The number of fused-ring (bicyclic) bond motifs is 1. The molecule has 0 spiro atoms. The van der Waals surface area contributed by atoms with Crippen LogP contribution in [0.15, 0.2) is 59.0 Å². The monoisotopic (exact) mass is 420 g/mol. The van der Waals surface area contributed by atoms with Gasteiger partial charge in [0.1, 0.15) is 17.3 Å². The van der Waals surface area contributed by atoms with E-state index >= 15 is 0 Å². The van der Waals surface area contributed by atoms with Crippen LogP contribution in [0.4, 0.5) is 10.1 Å². The second-order valence-corrected chi connectivity index (χ2v) is 7.78. The number of carbonyl (C=O) groups excluding carboxylic acids is 2. The summed E-state index contributed by atoms with van der Waals surface area (Å²) in [4.78, 5) is 26.5. The van der Waals surface area contributed by atoms with Crippen molar-refractivity contribution in [2.24, 2.45) is 0 Å². The Morgan fingerprint density at radius 3 is 2.77 bits per heavy atom. The predicted molar refractivity (Wildman–Crippen MR) is 117 cm³/mol. The standard InChI is InChI=1S/C25H25FN2O3/c1-2-3-10-24(29)27-21-9-5-6-17(14-21)23-15-19-16-28(12-11-22(19)31-23)25(30)18-7-4-8-20(26)13-18/h4-9,13-15H,2-3,10-12,16H2,1H3,(H,27,29). The number of anilines is 1. The molecule has 1 N–H and O–H groups in total. The molecule has 1 aliphatic rings. The number of nitrogens with one attached hydrogen (secondary N) is 1. The van der Waals surface area contributed by atoms with E-state index in [2.05, 4.69) is 12.2 Å². The van der Waals surface area contributed by atoms with Gasteiger partial charge < -0.3 is 14.6 Å². The van der Waals surface area contributed by atoms with Gasteiger partial charge in [0.2, 0.25) is 5.91 Å². The maximum Gasteiger partial charge on any atom is 0.254 e. The molecule has 1 aliphatic heterocycles. The summed E-state index contributed by atoms with van der Waals surface area (Å²) in [5.74, 6) is 0.954. The lowest BCUT2D eigenvalue weighted by Crippen LogP contribution is -2.35. The number of unbranched alkanes of at least 4 members (excludes halogenated alkanes) is 1. The van der Waals surface area contributed by atoms with Crippen molar-refractivity contribution in [3.05, 3.63) is 77.3 Å². The van der Waals surface area contributed by atoms with Crippen molar-refractivity contribution >= 4 is 17.5 Å². The number of carbonyl (C=O) groups is 2. The lowest BCUT2D eigenvalue weighted by molar-refractivity contribution is -0.116. The fourth-order valence-electron chi connectivity index (χ4n) is 3.76. The minimum atomic E-state index is -0.421. The molecule has 0 unspecified atom stereocenters.